The minimum absolute atomic E-state index is 0.246. The Morgan fingerprint density at radius 1 is 1.17 bits per heavy atom. The van der Waals surface area contributed by atoms with Gasteiger partial charge in [0.2, 0.25) is 0 Å². The number of para-hydroxylation sites is 1. The summed E-state index contributed by atoms with van der Waals surface area (Å²) < 4.78 is 25.6. The first-order chi connectivity index (χ1) is 8.70. The molecule has 0 aliphatic rings. The third-order valence-electron chi connectivity index (χ3n) is 2.86. The van der Waals surface area contributed by atoms with E-state index in [1.165, 1.54) is 0 Å². The number of rotatable bonds is 5. The van der Waals surface area contributed by atoms with Crippen molar-refractivity contribution in [3.05, 3.63) is 42.1 Å². The second kappa shape index (κ2) is 5.87. The summed E-state index contributed by atoms with van der Waals surface area (Å²) in [5.74, 6) is 0. The predicted molar refractivity (Wildman–Crippen MR) is 68.9 cm³/mol. The van der Waals surface area contributed by atoms with Crippen molar-refractivity contribution in [3.63, 3.8) is 0 Å². The molecule has 2 nitrogen and oxygen atoms in total. The van der Waals surface area contributed by atoms with E-state index in [-0.39, 0.29) is 6.42 Å². The standard InChI is InChI=1S/C14H16F2N2/c1-2-17-13(14(15)16)9-11-8-7-10-5-3-4-6-12(10)18-11/h3-8,13-14,17H,2,9H2,1H3. The molecule has 1 aromatic carbocycles. The molecular weight excluding hydrogens is 234 g/mol. The average Bonchev–Trinajstić information content (AvgIpc) is 2.38. The normalized spacial score (nSPS) is 13.1. The number of hydrogen-bond donors (Lipinski definition) is 1. The molecule has 0 spiro atoms. The quantitative estimate of drug-likeness (QED) is 0.882. The molecule has 0 fully saturated rings. The summed E-state index contributed by atoms with van der Waals surface area (Å²) in [4.78, 5) is 4.41. The van der Waals surface area contributed by atoms with Gasteiger partial charge in [-0.15, -0.1) is 0 Å². The molecule has 1 atom stereocenters. The summed E-state index contributed by atoms with van der Waals surface area (Å²) in [6.45, 7) is 2.35. The molecule has 1 heterocycles. The van der Waals surface area contributed by atoms with Gasteiger partial charge in [-0.1, -0.05) is 31.2 Å². The SMILES string of the molecule is CCNC(Cc1ccc2ccccc2n1)C(F)F. The van der Waals surface area contributed by atoms with Crippen molar-refractivity contribution in [1.82, 2.24) is 10.3 Å². The van der Waals surface area contributed by atoms with E-state index in [1.807, 2.05) is 43.3 Å². The van der Waals surface area contributed by atoms with E-state index in [2.05, 4.69) is 10.3 Å². The van der Waals surface area contributed by atoms with E-state index in [1.54, 1.807) is 0 Å². The number of likely N-dealkylation sites (N-methyl/N-ethyl adjacent to an activating group) is 1. The van der Waals surface area contributed by atoms with Gasteiger partial charge in [-0.3, -0.25) is 4.98 Å². The van der Waals surface area contributed by atoms with Crippen LogP contribution >= 0.6 is 0 Å². The van der Waals surface area contributed by atoms with Crippen LogP contribution in [0.1, 0.15) is 12.6 Å². The van der Waals surface area contributed by atoms with Gasteiger partial charge in [0, 0.05) is 17.5 Å². The fourth-order valence-corrected chi connectivity index (χ4v) is 1.96. The second-order valence-electron chi connectivity index (χ2n) is 4.20. The zero-order chi connectivity index (χ0) is 13.0. The van der Waals surface area contributed by atoms with Crippen LogP contribution in [0.5, 0.6) is 0 Å². The molecule has 1 N–H and O–H groups in total. The van der Waals surface area contributed by atoms with Crippen LogP contribution in [-0.2, 0) is 6.42 Å². The first-order valence-corrected chi connectivity index (χ1v) is 6.07. The number of nitrogens with zero attached hydrogens (tertiary/aromatic N) is 1. The van der Waals surface area contributed by atoms with Gasteiger partial charge < -0.3 is 5.32 Å². The van der Waals surface area contributed by atoms with Gasteiger partial charge in [0.15, 0.2) is 0 Å². The van der Waals surface area contributed by atoms with Crippen LogP contribution in [0.4, 0.5) is 8.78 Å². The highest BCUT2D eigenvalue weighted by Gasteiger charge is 2.19. The van der Waals surface area contributed by atoms with Gasteiger partial charge in [0.25, 0.3) is 6.43 Å². The van der Waals surface area contributed by atoms with Crippen molar-refractivity contribution in [3.8, 4) is 0 Å². The molecule has 0 saturated heterocycles. The summed E-state index contributed by atoms with van der Waals surface area (Å²) in [6, 6.07) is 10.6. The minimum atomic E-state index is -2.38. The van der Waals surface area contributed by atoms with E-state index in [4.69, 9.17) is 0 Å². The van der Waals surface area contributed by atoms with Crippen LogP contribution in [0.25, 0.3) is 10.9 Å². The molecule has 0 aliphatic heterocycles. The summed E-state index contributed by atoms with van der Waals surface area (Å²) >= 11 is 0. The third kappa shape index (κ3) is 3.01. The molecule has 2 rings (SSSR count). The van der Waals surface area contributed by atoms with Gasteiger partial charge in [-0.2, -0.15) is 0 Å². The number of nitrogens with one attached hydrogen (secondary N) is 1. The molecule has 0 saturated carbocycles. The van der Waals surface area contributed by atoms with Crippen molar-refractivity contribution < 1.29 is 8.78 Å². The van der Waals surface area contributed by atoms with Crippen LogP contribution in [0, 0.1) is 0 Å². The summed E-state index contributed by atoms with van der Waals surface area (Å²) in [5, 5.41) is 3.81. The molecule has 2 aromatic rings. The molecule has 0 aliphatic carbocycles. The molecule has 18 heavy (non-hydrogen) atoms. The molecule has 4 heteroatoms. The van der Waals surface area contributed by atoms with E-state index in [0.29, 0.717) is 12.2 Å². The lowest BCUT2D eigenvalue weighted by molar-refractivity contribution is 0.0986. The molecule has 0 bridgehead atoms. The molecule has 96 valence electrons. The summed E-state index contributed by atoms with van der Waals surface area (Å²) in [6.07, 6.45) is -2.13. The summed E-state index contributed by atoms with van der Waals surface area (Å²) in [5.41, 5.74) is 1.54. The van der Waals surface area contributed by atoms with E-state index in [9.17, 15) is 8.78 Å². The average molecular weight is 250 g/mol. The van der Waals surface area contributed by atoms with Gasteiger partial charge in [-0.05, 0) is 18.7 Å². The fraction of sp³-hybridized carbons (Fsp3) is 0.357. The zero-order valence-corrected chi connectivity index (χ0v) is 10.2. The Balaban J connectivity index is 2.20. The van der Waals surface area contributed by atoms with Crippen LogP contribution < -0.4 is 5.32 Å². The second-order valence-corrected chi connectivity index (χ2v) is 4.20. The monoisotopic (exact) mass is 250 g/mol. The van der Waals surface area contributed by atoms with Crippen molar-refractivity contribution >= 4 is 10.9 Å². The Hall–Kier alpha value is -1.55. The topological polar surface area (TPSA) is 24.9 Å². The Kier molecular flexibility index (Phi) is 4.20. The van der Waals surface area contributed by atoms with Crippen molar-refractivity contribution in [2.75, 3.05) is 6.54 Å². The highest BCUT2D eigenvalue weighted by Crippen LogP contribution is 2.14. The number of fused-ring (bicyclic) bond motifs is 1. The molecule has 1 aromatic heterocycles. The highest BCUT2D eigenvalue weighted by molar-refractivity contribution is 5.78. The lowest BCUT2D eigenvalue weighted by atomic mass is 10.1. The minimum Gasteiger partial charge on any atom is -0.309 e. The highest BCUT2D eigenvalue weighted by atomic mass is 19.3. The largest absolute Gasteiger partial charge is 0.309 e. The number of hydrogen-bond acceptors (Lipinski definition) is 2. The van der Waals surface area contributed by atoms with Crippen LogP contribution in [-0.4, -0.2) is 24.0 Å². The molecular formula is C14H16F2N2. The first kappa shape index (κ1) is 12.9. The van der Waals surface area contributed by atoms with E-state index >= 15 is 0 Å². The molecule has 1 unspecified atom stereocenters. The maximum atomic E-state index is 12.8. The maximum Gasteiger partial charge on any atom is 0.254 e. The van der Waals surface area contributed by atoms with Gasteiger partial charge in [0.1, 0.15) is 0 Å². The Morgan fingerprint density at radius 3 is 2.67 bits per heavy atom. The fourth-order valence-electron chi connectivity index (χ4n) is 1.96. The Morgan fingerprint density at radius 2 is 1.94 bits per heavy atom. The van der Waals surface area contributed by atoms with Crippen LogP contribution in [0.15, 0.2) is 36.4 Å². The van der Waals surface area contributed by atoms with Crippen LogP contribution in [0.3, 0.4) is 0 Å². The van der Waals surface area contributed by atoms with Gasteiger partial charge in [-0.25, -0.2) is 8.78 Å². The third-order valence-corrected chi connectivity index (χ3v) is 2.86. The lowest BCUT2D eigenvalue weighted by Crippen LogP contribution is -2.37. The van der Waals surface area contributed by atoms with Crippen molar-refractivity contribution in [2.45, 2.75) is 25.8 Å². The Bertz CT molecular complexity index is 514. The first-order valence-electron chi connectivity index (χ1n) is 6.07. The smallest absolute Gasteiger partial charge is 0.254 e. The summed E-state index contributed by atoms with van der Waals surface area (Å²) in [7, 11) is 0. The lowest BCUT2D eigenvalue weighted by Gasteiger charge is -2.16. The van der Waals surface area contributed by atoms with Gasteiger partial charge >= 0.3 is 0 Å². The zero-order valence-electron chi connectivity index (χ0n) is 10.2. The number of aromatic nitrogens is 1. The van der Waals surface area contributed by atoms with E-state index < -0.39 is 12.5 Å². The van der Waals surface area contributed by atoms with Crippen molar-refractivity contribution in [2.24, 2.45) is 0 Å². The van der Waals surface area contributed by atoms with E-state index in [0.717, 1.165) is 10.9 Å². The predicted octanol–water partition coefficient (Wildman–Crippen LogP) is 3.02. The molecule has 0 radical (unpaired) electrons. The molecule has 0 amide bonds. The van der Waals surface area contributed by atoms with Crippen LogP contribution in [0.2, 0.25) is 0 Å². The Labute approximate surface area is 105 Å². The number of alkyl halides is 2. The number of pyridine rings is 1. The number of halogens is 2. The van der Waals surface area contributed by atoms with Gasteiger partial charge in [0.05, 0.1) is 11.6 Å². The number of benzene rings is 1. The van der Waals surface area contributed by atoms with Crippen molar-refractivity contribution in [1.29, 1.82) is 0 Å². The maximum absolute atomic E-state index is 12.8.